The Labute approximate surface area is 67.3 Å². The molecule has 3 heteroatoms. The lowest BCUT2D eigenvalue weighted by molar-refractivity contribution is -0.787. The Kier molecular flexibility index (Phi) is 4.80. The average Bonchev–Trinajstić information content (AvgIpc) is 1.95. The number of hydrogen-bond acceptors (Lipinski definition) is 1. The molecular weight excluding hydrogens is 150 g/mol. The minimum Gasteiger partial charge on any atom is -0.252 e. The third-order valence-electron chi connectivity index (χ3n) is 1.89. The maximum Gasteiger partial charge on any atom is 0.159 e. The Morgan fingerprint density at radius 3 is 1.44 bits per heavy atom. The number of hydrogen-bond donors (Lipinski definition) is 0. The van der Waals surface area contributed by atoms with E-state index in [2.05, 4.69) is 20.8 Å². The van der Waals surface area contributed by atoms with Crippen molar-refractivity contribution in [3.05, 3.63) is 0 Å². The highest BCUT2D eigenvalue weighted by Crippen LogP contribution is 2.24. The van der Waals surface area contributed by atoms with Crippen molar-refractivity contribution < 1.29 is 3.89 Å². The molecule has 0 aliphatic heterocycles. The van der Waals surface area contributed by atoms with Crippen LogP contribution >= 0.6 is 22.6 Å². The Morgan fingerprint density at radius 2 is 1.44 bits per heavy atom. The highest BCUT2D eigenvalue weighted by atomic mass is 33.1. The summed E-state index contributed by atoms with van der Waals surface area (Å²) in [4.78, 5) is 0. The summed E-state index contributed by atoms with van der Waals surface area (Å²) < 4.78 is 1.01. The third-order valence-corrected chi connectivity index (χ3v) is 3.93. The zero-order valence-electron chi connectivity index (χ0n) is 6.39. The van der Waals surface area contributed by atoms with Crippen molar-refractivity contribution in [2.24, 2.45) is 0 Å². The largest absolute Gasteiger partial charge is 0.252 e. The smallest absolute Gasteiger partial charge is 0.159 e. The Hall–Kier alpha value is 0.660. The summed E-state index contributed by atoms with van der Waals surface area (Å²) >= 11 is 4.97. The first kappa shape index (κ1) is 9.66. The van der Waals surface area contributed by atoms with Crippen LogP contribution in [0.15, 0.2) is 0 Å². The number of rotatable bonds is 4. The van der Waals surface area contributed by atoms with Gasteiger partial charge >= 0.3 is 0 Å². The van der Waals surface area contributed by atoms with Gasteiger partial charge in [-0.25, -0.2) is 0 Å². The van der Waals surface area contributed by atoms with Crippen molar-refractivity contribution >= 4 is 22.6 Å². The van der Waals surface area contributed by atoms with Gasteiger partial charge in [-0.15, -0.1) is 0 Å². The van der Waals surface area contributed by atoms with Crippen LogP contribution in [-0.4, -0.2) is 23.5 Å². The van der Waals surface area contributed by atoms with Gasteiger partial charge in [0.25, 0.3) is 0 Å². The normalized spacial score (nSPS) is 12.0. The molecule has 0 fully saturated rings. The second-order valence-electron chi connectivity index (χ2n) is 2.08. The number of nitrogens with zero attached hydrogens (tertiary/aromatic N) is 1. The van der Waals surface area contributed by atoms with Crippen LogP contribution in [0.5, 0.6) is 0 Å². The molecule has 0 aromatic heterocycles. The molecule has 0 aromatic carbocycles. The van der Waals surface area contributed by atoms with Gasteiger partial charge in [-0.3, -0.25) is 3.89 Å². The molecule has 55 valence electrons. The zero-order chi connectivity index (χ0) is 7.33. The van der Waals surface area contributed by atoms with Crippen molar-refractivity contribution in [2.75, 3.05) is 19.6 Å². The van der Waals surface area contributed by atoms with E-state index in [1.165, 1.54) is 11.0 Å². The zero-order valence-corrected chi connectivity index (χ0v) is 8.02. The Morgan fingerprint density at radius 1 is 1.11 bits per heavy atom. The molecule has 0 spiro atoms. The lowest BCUT2D eigenvalue weighted by Crippen LogP contribution is -2.39. The summed E-state index contributed by atoms with van der Waals surface area (Å²) in [5, 5.41) is 0. The van der Waals surface area contributed by atoms with Gasteiger partial charge in [0, 0.05) is 0 Å². The summed E-state index contributed by atoms with van der Waals surface area (Å²) in [6, 6.07) is 0. The summed E-state index contributed by atoms with van der Waals surface area (Å²) in [6.07, 6.45) is 0. The molecule has 0 aliphatic rings. The molecule has 0 bridgehead atoms. The molecule has 1 radical (unpaired) electrons. The second kappa shape index (κ2) is 4.47. The van der Waals surface area contributed by atoms with Crippen LogP contribution in [0, 0.1) is 0 Å². The standard InChI is InChI=1S/C6H15NS2/c1-4-7(5-2,6-3)9-8/h4-6H2,1-3H3/q+1. The molecule has 0 atom stereocenters. The van der Waals surface area contributed by atoms with E-state index in [1.54, 1.807) is 0 Å². The van der Waals surface area contributed by atoms with Crippen LogP contribution < -0.4 is 0 Å². The highest BCUT2D eigenvalue weighted by molar-refractivity contribution is 8.66. The van der Waals surface area contributed by atoms with Crippen LogP contribution in [-0.2, 0) is 0 Å². The fourth-order valence-corrected chi connectivity index (χ4v) is 2.09. The van der Waals surface area contributed by atoms with Gasteiger partial charge in [0.2, 0.25) is 0 Å². The summed E-state index contributed by atoms with van der Waals surface area (Å²) in [5.74, 6) is 0. The summed E-state index contributed by atoms with van der Waals surface area (Å²) in [5.41, 5.74) is 0. The first-order valence-electron chi connectivity index (χ1n) is 3.42. The quantitative estimate of drug-likeness (QED) is 0.350. The van der Waals surface area contributed by atoms with Gasteiger partial charge in [-0.05, 0) is 20.8 Å². The van der Waals surface area contributed by atoms with Crippen molar-refractivity contribution in [1.29, 1.82) is 0 Å². The second-order valence-corrected chi connectivity index (χ2v) is 3.45. The monoisotopic (exact) mass is 165 g/mol. The molecule has 0 rings (SSSR count). The molecule has 0 amide bonds. The molecular formula is C6H15NS2+. The van der Waals surface area contributed by atoms with E-state index in [-0.39, 0.29) is 0 Å². The van der Waals surface area contributed by atoms with Gasteiger partial charge in [-0.2, -0.15) is 0 Å². The molecule has 0 unspecified atom stereocenters. The molecule has 9 heavy (non-hydrogen) atoms. The van der Waals surface area contributed by atoms with Gasteiger partial charge in [-0.1, -0.05) is 0 Å². The van der Waals surface area contributed by atoms with E-state index in [9.17, 15) is 0 Å². The van der Waals surface area contributed by atoms with E-state index < -0.39 is 0 Å². The van der Waals surface area contributed by atoms with E-state index >= 15 is 0 Å². The lowest BCUT2D eigenvalue weighted by Gasteiger charge is -2.29. The fourth-order valence-electron chi connectivity index (χ4n) is 0.829. The summed E-state index contributed by atoms with van der Waals surface area (Å²) in [7, 11) is 1.54. The number of quaternary nitrogens is 1. The maximum absolute atomic E-state index is 4.97. The van der Waals surface area contributed by atoms with Gasteiger partial charge in [0.1, 0.15) is 0 Å². The minimum atomic E-state index is 1.01. The van der Waals surface area contributed by atoms with Crippen LogP contribution in [0.4, 0.5) is 0 Å². The Balaban J connectivity index is 3.82. The van der Waals surface area contributed by atoms with E-state index in [0.717, 1.165) is 23.5 Å². The van der Waals surface area contributed by atoms with Gasteiger partial charge < -0.3 is 0 Å². The fraction of sp³-hybridized carbons (Fsp3) is 1.00. The molecule has 0 aromatic rings. The van der Waals surface area contributed by atoms with Gasteiger partial charge in [0.15, 0.2) is 11.0 Å². The van der Waals surface area contributed by atoms with Crippen molar-refractivity contribution in [3.63, 3.8) is 0 Å². The van der Waals surface area contributed by atoms with Crippen LogP contribution in [0.1, 0.15) is 20.8 Å². The predicted octanol–water partition coefficient (Wildman–Crippen LogP) is 2.62. The highest BCUT2D eigenvalue weighted by Gasteiger charge is 2.20. The topological polar surface area (TPSA) is 0 Å². The first-order chi connectivity index (χ1) is 4.24. The predicted molar refractivity (Wildman–Crippen MR) is 47.1 cm³/mol. The van der Waals surface area contributed by atoms with Crippen molar-refractivity contribution in [3.8, 4) is 0 Å². The van der Waals surface area contributed by atoms with Crippen LogP contribution in [0.25, 0.3) is 0 Å². The molecule has 0 N–H and O–H groups in total. The van der Waals surface area contributed by atoms with Gasteiger partial charge in [0.05, 0.1) is 31.3 Å². The van der Waals surface area contributed by atoms with Crippen molar-refractivity contribution in [2.45, 2.75) is 20.8 Å². The summed E-state index contributed by atoms with van der Waals surface area (Å²) in [6.45, 7) is 9.98. The van der Waals surface area contributed by atoms with Crippen LogP contribution in [0.3, 0.4) is 0 Å². The Bertz CT molecular complexity index is 53.9. The SMILES string of the molecule is CC[N+](CC)(CC)S[S]. The maximum atomic E-state index is 4.97. The minimum absolute atomic E-state index is 1.01. The average molecular weight is 165 g/mol. The molecule has 0 aliphatic carbocycles. The van der Waals surface area contributed by atoms with Crippen molar-refractivity contribution in [1.82, 2.24) is 0 Å². The molecule has 0 saturated heterocycles. The molecule has 1 nitrogen and oxygen atoms in total. The third kappa shape index (κ3) is 2.40. The lowest BCUT2D eigenvalue weighted by atomic mass is 10.5. The van der Waals surface area contributed by atoms with E-state index in [0.29, 0.717) is 0 Å². The molecule has 0 saturated carbocycles. The first-order valence-corrected chi connectivity index (χ1v) is 5.12. The van der Waals surface area contributed by atoms with Crippen LogP contribution in [0.2, 0.25) is 0 Å². The molecule has 0 heterocycles. The van der Waals surface area contributed by atoms with E-state index in [4.69, 9.17) is 11.7 Å². The van der Waals surface area contributed by atoms with E-state index in [1.807, 2.05) is 0 Å².